The Bertz CT molecular complexity index is 621. The number of anilines is 2. The molecule has 3 nitrogen and oxygen atoms in total. The highest BCUT2D eigenvalue weighted by atomic mass is 79.9. The van der Waals surface area contributed by atoms with Gasteiger partial charge in [-0.15, -0.1) is 0 Å². The van der Waals surface area contributed by atoms with Crippen LogP contribution in [0, 0.1) is 5.82 Å². The zero-order chi connectivity index (χ0) is 13.8. The fourth-order valence-corrected chi connectivity index (χ4v) is 1.96. The van der Waals surface area contributed by atoms with Gasteiger partial charge in [-0.2, -0.15) is 0 Å². The van der Waals surface area contributed by atoms with Gasteiger partial charge in [0, 0.05) is 4.47 Å². The Hall–Kier alpha value is -1.59. The number of urea groups is 1. The van der Waals surface area contributed by atoms with E-state index >= 15 is 0 Å². The van der Waals surface area contributed by atoms with E-state index in [4.69, 9.17) is 11.6 Å². The number of nitrogens with one attached hydrogen (secondary N) is 2. The second kappa shape index (κ2) is 6.04. The molecule has 2 N–H and O–H groups in total. The van der Waals surface area contributed by atoms with Crippen LogP contribution in [0.25, 0.3) is 0 Å². The largest absolute Gasteiger partial charge is 0.323 e. The molecule has 0 radical (unpaired) electrons. The summed E-state index contributed by atoms with van der Waals surface area (Å²) in [5, 5.41) is 5.35. The molecule has 0 aliphatic carbocycles. The van der Waals surface area contributed by atoms with Crippen molar-refractivity contribution in [1.29, 1.82) is 0 Å². The van der Waals surface area contributed by atoms with Crippen molar-refractivity contribution >= 4 is 44.9 Å². The van der Waals surface area contributed by atoms with Gasteiger partial charge in [-0.1, -0.05) is 39.7 Å². The van der Waals surface area contributed by atoms with Gasteiger partial charge in [0.05, 0.1) is 16.4 Å². The number of para-hydroxylation sites is 1. The first-order chi connectivity index (χ1) is 9.06. The topological polar surface area (TPSA) is 41.1 Å². The summed E-state index contributed by atoms with van der Waals surface area (Å²) in [5.74, 6) is -0.502. The molecule has 0 saturated carbocycles. The van der Waals surface area contributed by atoms with Crippen LogP contribution in [0.1, 0.15) is 0 Å². The van der Waals surface area contributed by atoms with E-state index in [-0.39, 0.29) is 5.69 Å². The molecule has 19 heavy (non-hydrogen) atoms. The van der Waals surface area contributed by atoms with E-state index in [0.717, 1.165) is 4.47 Å². The summed E-state index contributed by atoms with van der Waals surface area (Å²) in [5.41, 5.74) is 0.538. The van der Waals surface area contributed by atoms with Gasteiger partial charge in [0.2, 0.25) is 0 Å². The third-order valence-electron chi connectivity index (χ3n) is 2.30. The van der Waals surface area contributed by atoms with Crippen LogP contribution in [0.4, 0.5) is 20.6 Å². The van der Waals surface area contributed by atoms with Crippen LogP contribution in [0.5, 0.6) is 0 Å². The lowest BCUT2D eigenvalue weighted by atomic mass is 10.3. The van der Waals surface area contributed by atoms with Crippen LogP contribution >= 0.6 is 27.5 Å². The molecule has 98 valence electrons. The van der Waals surface area contributed by atoms with Crippen molar-refractivity contribution < 1.29 is 9.18 Å². The van der Waals surface area contributed by atoms with E-state index in [1.165, 1.54) is 12.1 Å². The third-order valence-corrected chi connectivity index (χ3v) is 3.12. The summed E-state index contributed by atoms with van der Waals surface area (Å²) in [6.07, 6.45) is 0. The number of amides is 2. The van der Waals surface area contributed by atoms with E-state index in [1.807, 2.05) is 0 Å². The molecule has 0 fully saturated rings. The summed E-state index contributed by atoms with van der Waals surface area (Å²) >= 11 is 9.21. The highest BCUT2D eigenvalue weighted by Crippen LogP contribution is 2.25. The fourth-order valence-electron chi connectivity index (χ4n) is 1.43. The minimum atomic E-state index is -0.565. The average Bonchev–Trinajstić information content (AvgIpc) is 2.37. The molecule has 0 aliphatic heterocycles. The number of halogens is 3. The Kier molecular flexibility index (Phi) is 4.39. The van der Waals surface area contributed by atoms with Crippen LogP contribution in [-0.4, -0.2) is 6.03 Å². The molecule has 2 rings (SSSR count). The molecule has 6 heteroatoms. The van der Waals surface area contributed by atoms with Crippen LogP contribution < -0.4 is 10.6 Å². The molecular weight excluding hydrogens is 335 g/mol. The Morgan fingerprint density at radius 3 is 2.53 bits per heavy atom. The lowest BCUT2D eigenvalue weighted by Gasteiger charge is -2.09. The minimum absolute atomic E-state index is 0.103. The maximum atomic E-state index is 13.4. The number of carbonyl (C=O) groups is 1. The van der Waals surface area contributed by atoms with Gasteiger partial charge in [-0.3, -0.25) is 0 Å². The van der Waals surface area contributed by atoms with E-state index in [2.05, 4.69) is 26.6 Å². The third kappa shape index (κ3) is 3.68. The van der Waals surface area contributed by atoms with E-state index in [9.17, 15) is 9.18 Å². The van der Waals surface area contributed by atoms with Crippen LogP contribution in [-0.2, 0) is 0 Å². The molecule has 0 heterocycles. The number of hydrogen-bond donors (Lipinski definition) is 2. The summed E-state index contributed by atoms with van der Waals surface area (Å²) in [7, 11) is 0. The Labute approximate surface area is 122 Å². The van der Waals surface area contributed by atoms with Crippen molar-refractivity contribution in [2.75, 3.05) is 10.6 Å². The standard InChI is InChI=1S/C13H9BrClFN2O/c14-8-5-6-9(15)12(7-8)18-13(19)17-11-4-2-1-3-10(11)16/h1-7H,(H2,17,18,19). The molecule has 2 aromatic carbocycles. The second-order valence-corrected chi connectivity index (χ2v) is 5.01. The predicted molar refractivity (Wildman–Crippen MR) is 78.2 cm³/mol. The van der Waals surface area contributed by atoms with Gasteiger partial charge in [0.1, 0.15) is 5.82 Å². The van der Waals surface area contributed by atoms with Gasteiger partial charge < -0.3 is 10.6 Å². The maximum absolute atomic E-state index is 13.4. The minimum Gasteiger partial charge on any atom is -0.306 e. The number of benzene rings is 2. The van der Waals surface area contributed by atoms with Crippen LogP contribution in [0.2, 0.25) is 5.02 Å². The molecule has 0 saturated heterocycles. The molecular formula is C13H9BrClFN2O. The van der Waals surface area contributed by atoms with Crippen molar-refractivity contribution in [3.05, 3.63) is 57.8 Å². The van der Waals surface area contributed by atoms with Crippen molar-refractivity contribution in [3.63, 3.8) is 0 Å². The van der Waals surface area contributed by atoms with Crippen LogP contribution in [0.15, 0.2) is 46.9 Å². The van der Waals surface area contributed by atoms with Gasteiger partial charge >= 0.3 is 6.03 Å². The van der Waals surface area contributed by atoms with Crippen molar-refractivity contribution in [2.24, 2.45) is 0 Å². The number of hydrogen-bond acceptors (Lipinski definition) is 1. The molecule has 0 spiro atoms. The van der Waals surface area contributed by atoms with E-state index in [1.54, 1.807) is 30.3 Å². The lowest BCUT2D eigenvalue weighted by Crippen LogP contribution is -2.20. The fraction of sp³-hybridized carbons (Fsp3) is 0. The zero-order valence-electron chi connectivity index (χ0n) is 9.58. The monoisotopic (exact) mass is 342 g/mol. The first kappa shape index (κ1) is 13.8. The molecule has 2 aromatic rings. The molecule has 0 atom stereocenters. The SMILES string of the molecule is O=C(Nc1ccccc1F)Nc1cc(Br)ccc1Cl. The van der Waals surface area contributed by atoms with Gasteiger partial charge in [0.25, 0.3) is 0 Å². The van der Waals surface area contributed by atoms with Crippen molar-refractivity contribution in [3.8, 4) is 0 Å². The Morgan fingerprint density at radius 2 is 1.79 bits per heavy atom. The maximum Gasteiger partial charge on any atom is 0.323 e. The quantitative estimate of drug-likeness (QED) is 0.801. The first-order valence-corrected chi connectivity index (χ1v) is 6.51. The first-order valence-electron chi connectivity index (χ1n) is 5.34. The molecule has 0 unspecified atom stereocenters. The van der Waals surface area contributed by atoms with Gasteiger partial charge in [-0.25, -0.2) is 9.18 Å². The molecule has 0 aromatic heterocycles. The number of rotatable bonds is 2. The summed E-state index contributed by atoms with van der Waals surface area (Å²) in [6.45, 7) is 0. The number of carbonyl (C=O) groups excluding carboxylic acids is 1. The summed E-state index contributed by atoms with van der Waals surface area (Å²) < 4.78 is 14.1. The Balaban J connectivity index is 2.10. The zero-order valence-corrected chi connectivity index (χ0v) is 11.9. The Morgan fingerprint density at radius 1 is 1.11 bits per heavy atom. The smallest absolute Gasteiger partial charge is 0.306 e. The van der Waals surface area contributed by atoms with Crippen LogP contribution in [0.3, 0.4) is 0 Å². The van der Waals surface area contributed by atoms with Gasteiger partial charge in [0.15, 0.2) is 0 Å². The molecule has 2 amide bonds. The van der Waals surface area contributed by atoms with E-state index < -0.39 is 11.8 Å². The van der Waals surface area contributed by atoms with Crippen molar-refractivity contribution in [2.45, 2.75) is 0 Å². The highest BCUT2D eigenvalue weighted by Gasteiger charge is 2.08. The average molecular weight is 344 g/mol. The summed E-state index contributed by atoms with van der Waals surface area (Å²) in [4.78, 5) is 11.7. The molecule has 0 aliphatic rings. The van der Waals surface area contributed by atoms with Crippen molar-refractivity contribution in [1.82, 2.24) is 0 Å². The van der Waals surface area contributed by atoms with Gasteiger partial charge in [-0.05, 0) is 30.3 Å². The highest BCUT2D eigenvalue weighted by molar-refractivity contribution is 9.10. The summed E-state index contributed by atoms with van der Waals surface area (Å²) in [6, 6.07) is 10.4. The lowest BCUT2D eigenvalue weighted by molar-refractivity contribution is 0.262. The normalized spacial score (nSPS) is 10.1. The second-order valence-electron chi connectivity index (χ2n) is 3.68. The van der Waals surface area contributed by atoms with E-state index in [0.29, 0.717) is 10.7 Å². The molecule has 0 bridgehead atoms. The predicted octanol–water partition coefficient (Wildman–Crippen LogP) is 4.89.